The second-order valence-electron chi connectivity index (χ2n) is 6.12. The highest BCUT2D eigenvalue weighted by Crippen LogP contribution is 2.38. The van der Waals surface area contributed by atoms with E-state index in [1.54, 1.807) is 16.2 Å². The van der Waals surface area contributed by atoms with Crippen molar-refractivity contribution in [3.63, 3.8) is 0 Å². The van der Waals surface area contributed by atoms with Crippen molar-refractivity contribution in [3.8, 4) is 0 Å². The second-order valence-corrected chi connectivity index (χ2v) is 7.18. The molecule has 1 aliphatic carbocycles. The Morgan fingerprint density at radius 2 is 2.10 bits per heavy atom. The molecule has 0 aromatic carbocycles. The van der Waals surface area contributed by atoms with Gasteiger partial charge in [0.25, 0.3) is 0 Å². The lowest BCUT2D eigenvalue weighted by atomic mass is 9.82. The van der Waals surface area contributed by atoms with Gasteiger partial charge in [0, 0.05) is 30.2 Å². The van der Waals surface area contributed by atoms with Crippen molar-refractivity contribution in [2.24, 2.45) is 11.7 Å². The number of hydrogen-bond acceptors (Lipinski definition) is 4. The quantitative estimate of drug-likeness (QED) is 0.880. The highest BCUT2D eigenvalue weighted by atomic mass is 32.1. The fourth-order valence-electron chi connectivity index (χ4n) is 2.93. The van der Waals surface area contributed by atoms with Crippen LogP contribution in [-0.2, 0) is 0 Å². The van der Waals surface area contributed by atoms with Crippen molar-refractivity contribution in [2.75, 3.05) is 18.4 Å². The molecule has 0 bridgehead atoms. The lowest BCUT2D eigenvalue weighted by Gasteiger charge is -2.36. The van der Waals surface area contributed by atoms with Crippen LogP contribution in [0.2, 0.25) is 0 Å². The second kappa shape index (κ2) is 5.69. The van der Waals surface area contributed by atoms with Gasteiger partial charge in [0.2, 0.25) is 0 Å². The van der Waals surface area contributed by atoms with E-state index in [0.29, 0.717) is 24.1 Å². The number of amides is 2. The summed E-state index contributed by atoms with van der Waals surface area (Å²) in [5.74, 6) is 1.49. The van der Waals surface area contributed by atoms with E-state index in [9.17, 15) is 4.79 Å². The molecule has 3 N–H and O–H groups in total. The normalized spacial score (nSPS) is 27.2. The number of aromatic nitrogens is 1. The van der Waals surface area contributed by atoms with Gasteiger partial charge in [0.15, 0.2) is 5.13 Å². The Morgan fingerprint density at radius 1 is 1.40 bits per heavy atom. The SMILES string of the molecule is CC1CCC(c2cnc(NC(=O)N3CC(N)C3)s2)CC1. The molecule has 0 unspecified atom stereocenters. The van der Waals surface area contributed by atoms with Gasteiger partial charge in [0.1, 0.15) is 0 Å². The van der Waals surface area contributed by atoms with E-state index in [1.807, 2.05) is 6.20 Å². The van der Waals surface area contributed by atoms with Crippen molar-refractivity contribution >= 4 is 22.5 Å². The number of carbonyl (C=O) groups excluding carboxylic acids is 1. The standard InChI is InChI=1S/C14H22N4OS/c1-9-2-4-10(5-3-9)12-6-16-13(20-12)17-14(19)18-7-11(15)8-18/h6,9-11H,2-5,7-8,15H2,1H3,(H,16,17,19). The summed E-state index contributed by atoms with van der Waals surface area (Å²) in [7, 11) is 0. The van der Waals surface area contributed by atoms with E-state index in [4.69, 9.17) is 5.73 Å². The van der Waals surface area contributed by atoms with Crippen LogP contribution in [0.1, 0.15) is 43.4 Å². The molecule has 110 valence electrons. The minimum atomic E-state index is -0.0788. The Morgan fingerprint density at radius 3 is 2.75 bits per heavy atom. The molecule has 3 rings (SSSR count). The molecule has 6 heteroatoms. The van der Waals surface area contributed by atoms with Crippen LogP contribution in [0.15, 0.2) is 6.20 Å². The van der Waals surface area contributed by atoms with E-state index < -0.39 is 0 Å². The van der Waals surface area contributed by atoms with Gasteiger partial charge in [-0.15, -0.1) is 11.3 Å². The monoisotopic (exact) mass is 294 g/mol. The molecular formula is C14H22N4OS. The first kappa shape index (κ1) is 13.8. The number of rotatable bonds is 2. The zero-order valence-corrected chi connectivity index (χ0v) is 12.7. The maximum atomic E-state index is 11.9. The molecule has 1 aromatic heterocycles. The van der Waals surface area contributed by atoms with Crippen LogP contribution in [-0.4, -0.2) is 35.0 Å². The molecule has 1 saturated heterocycles. The fourth-order valence-corrected chi connectivity index (χ4v) is 3.90. The smallest absolute Gasteiger partial charge is 0.323 e. The highest BCUT2D eigenvalue weighted by Gasteiger charge is 2.28. The molecule has 0 radical (unpaired) electrons. The van der Waals surface area contributed by atoms with E-state index >= 15 is 0 Å². The number of likely N-dealkylation sites (tertiary alicyclic amines) is 1. The van der Waals surface area contributed by atoms with Crippen LogP contribution < -0.4 is 11.1 Å². The first-order chi connectivity index (χ1) is 9.61. The largest absolute Gasteiger partial charge is 0.325 e. The number of hydrogen-bond donors (Lipinski definition) is 2. The summed E-state index contributed by atoms with van der Waals surface area (Å²) in [4.78, 5) is 19.3. The molecule has 1 saturated carbocycles. The highest BCUT2D eigenvalue weighted by molar-refractivity contribution is 7.15. The predicted molar refractivity (Wildman–Crippen MR) is 81.1 cm³/mol. The summed E-state index contributed by atoms with van der Waals surface area (Å²) < 4.78 is 0. The lowest BCUT2D eigenvalue weighted by molar-refractivity contribution is 0.165. The van der Waals surface area contributed by atoms with Gasteiger partial charge in [0.05, 0.1) is 0 Å². The number of nitrogens with zero attached hydrogens (tertiary/aromatic N) is 2. The summed E-state index contributed by atoms with van der Waals surface area (Å²) in [6.07, 6.45) is 7.03. The van der Waals surface area contributed by atoms with Gasteiger partial charge in [-0.05, 0) is 24.7 Å². The summed E-state index contributed by atoms with van der Waals surface area (Å²) >= 11 is 1.62. The molecule has 0 spiro atoms. The molecule has 2 fully saturated rings. The number of urea groups is 1. The van der Waals surface area contributed by atoms with Gasteiger partial charge in [-0.3, -0.25) is 5.32 Å². The Bertz CT molecular complexity index is 475. The molecule has 2 aliphatic rings. The molecule has 1 aliphatic heterocycles. The molecular weight excluding hydrogens is 272 g/mol. The Labute approximate surface area is 123 Å². The third-order valence-corrected chi connectivity index (χ3v) is 5.43. The summed E-state index contributed by atoms with van der Waals surface area (Å²) in [6.45, 7) is 3.61. The van der Waals surface area contributed by atoms with E-state index in [0.717, 1.165) is 5.92 Å². The molecule has 1 aromatic rings. The average Bonchev–Trinajstić information content (AvgIpc) is 2.84. The maximum Gasteiger partial charge on any atom is 0.323 e. The molecule has 2 amide bonds. The minimum Gasteiger partial charge on any atom is -0.325 e. The van der Waals surface area contributed by atoms with Crippen LogP contribution in [0.4, 0.5) is 9.93 Å². The van der Waals surface area contributed by atoms with Gasteiger partial charge >= 0.3 is 6.03 Å². The number of carbonyl (C=O) groups is 1. The average molecular weight is 294 g/mol. The zero-order valence-electron chi connectivity index (χ0n) is 11.8. The maximum absolute atomic E-state index is 11.9. The van der Waals surface area contributed by atoms with Gasteiger partial charge in [-0.2, -0.15) is 0 Å². The summed E-state index contributed by atoms with van der Waals surface area (Å²) in [5.41, 5.74) is 5.68. The van der Waals surface area contributed by atoms with E-state index in [-0.39, 0.29) is 12.1 Å². The first-order valence-corrected chi connectivity index (χ1v) is 8.20. The van der Waals surface area contributed by atoms with Crippen molar-refractivity contribution in [1.82, 2.24) is 9.88 Å². The summed E-state index contributed by atoms with van der Waals surface area (Å²) in [6, 6.07) is 0.0571. The van der Waals surface area contributed by atoms with Crippen LogP contribution in [0.5, 0.6) is 0 Å². The number of thiazole rings is 1. The van der Waals surface area contributed by atoms with E-state index in [1.165, 1.54) is 30.6 Å². The topological polar surface area (TPSA) is 71.2 Å². The van der Waals surface area contributed by atoms with Gasteiger partial charge < -0.3 is 10.6 Å². The molecule has 20 heavy (non-hydrogen) atoms. The Hall–Kier alpha value is -1.14. The molecule has 0 atom stereocenters. The van der Waals surface area contributed by atoms with Gasteiger partial charge in [-0.25, -0.2) is 9.78 Å². The number of anilines is 1. The third-order valence-electron chi connectivity index (χ3n) is 4.35. The fraction of sp³-hybridized carbons (Fsp3) is 0.714. The van der Waals surface area contributed by atoms with Crippen LogP contribution in [0, 0.1) is 5.92 Å². The zero-order chi connectivity index (χ0) is 14.1. The number of nitrogens with one attached hydrogen (secondary N) is 1. The predicted octanol–water partition coefficient (Wildman–Crippen LogP) is 2.61. The first-order valence-electron chi connectivity index (χ1n) is 7.39. The number of nitrogens with two attached hydrogens (primary N) is 1. The van der Waals surface area contributed by atoms with Crippen molar-refractivity contribution in [2.45, 2.75) is 44.6 Å². The third kappa shape index (κ3) is 2.96. The minimum absolute atomic E-state index is 0.0788. The van der Waals surface area contributed by atoms with Gasteiger partial charge in [-0.1, -0.05) is 19.8 Å². The molecule has 5 nitrogen and oxygen atoms in total. The van der Waals surface area contributed by atoms with Crippen molar-refractivity contribution in [1.29, 1.82) is 0 Å². The summed E-state index contributed by atoms with van der Waals surface area (Å²) in [5, 5.41) is 3.58. The van der Waals surface area contributed by atoms with Crippen molar-refractivity contribution in [3.05, 3.63) is 11.1 Å². The lowest BCUT2D eigenvalue weighted by Crippen LogP contribution is -2.58. The van der Waals surface area contributed by atoms with Crippen LogP contribution >= 0.6 is 11.3 Å². The Balaban J connectivity index is 1.55. The van der Waals surface area contributed by atoms with E-state index in [2.05, 4.69) is 17.2 Å². The molecule has 2 heterocycles. The van der Waals surface area contributed by atoms with Crippen LogP contribution in [0.25, 0.3) is 0 Å². The van der Waals surface area contributed by atoms with Crippen LogP contribution in [0.3, 0.4) is 0 Å². The van der Waals surface area contributed by atoms with Crippen molar-refractivity contribution < 1.29 is 4.79 Å². The Kier molecular flexibility index (Phi) is 3.94.